The molecule has 0 radical (unpaired) electrons. The SMILES string of the molecule is CC(C(=O)O)C(=O)N(CCO[Si](C)(C)C(C)(C)C)CCO[Si](C)(C)C(C)(C)C. The average molecular weight is 434 g/mol. The first-order valence-electron chi connectivity index (χ1n) is 10.1. The predicted octanol–water partition coefficient (Wildman–Crippen LogP) is 4.58. The molecular weight excluding hydrogens is 390 g/mol. The Balaban J connectivity index is 5.04. The van der Waals surface area contributed by atoms with Crippen LogP contribution in [0.1, 0.15) is 48.5 Å². The summed E-state index contributed by atoms with van der Waals surface area (Å²) in [5.41, 5.74) is 0. The summed E-state index contributed by atoms with van der Waals surface area (Å²) >= 11 is 0. The summed E-state index contributed by atoms with van der Waals surface area (Å²) in [4.78, 5) is 25.5. The van der Waals surface area contributed by atoms with Crippen molar-refractivity contribution in [2.45, 2.75) is 84.7 Å². The molecule has 0 aromatic carbocycles. The van der Waals surface area contributed by atoms with Gasteiger partial charge in [0, 0.05) is 13.1 Å². The van der Waals surface area contributed by atoms with E-state index < -0.39 is 28.5 Å². The van der Waals surface area contributed by atoms with Crippen LogP contribution in [0.25, 0.3) is 0 Å². The lowest BCUT2D eigenvalue weighted by Gasteiger charge is -2.38. The van der Waals surface area contributed by atoms with E-state index in [1.165, 1.54) is 6.92 Å². The minimum absolute atomic E-state index is 0.0850. The highest BCUT2D eigenvalue weighted by atomic mass is 28.4. The molecule has 0 fully saturated rings. The van der Waals surface area contributed by atoms with Crippen LogP contribution in [0.15, 0.2) is 0 Å². The molecule has 0 aliphatic carbocycles. The summed E-state index contributed by atoms with van der Waals surface area (Å²) in [6.07, 6.45) is 0. The molecule has 0 spiro atoms. The van der Waals surface area contributed by atoms with Gasteiger partial charge < -0.3 is 18.9 Å². The summed E-state index contributed by atoms with van der Waals surface area (Å²) in [7, 11) is -3.84. The van der Waals surface area contributed by atoms with Crippen LogP contribution in [0.4, 0.5) is 0 Å². The third kappa shape index (κ3) is 7.96. The van der Waals surface area contributed by atoms with Crippen LogP contribution in [-0.2, 0) is 18.4 Å². The van der Waals surface area contributed by atoms with Crippen LogP contribution in [0.5, 0.6) is 0 Å². The maximum absolute atomic E-state index is 12.6. The van der Waals surface area contributed by atoms with E-state index in [0.717, 1.165) is 0 Å². The Morgan fingerprint density at radius 2 is 1.18 bits per heavy atom. The molecule has 1 atom stereocenters. The van der Waals surface area contributed by atoms with Gasteiger partial charge in [-0.25, -0.2) is 0 Å². The third-order valence-corrected chi connectivity index (χ3v) is 15.4. The van der Waals surface area contributed by atoms with Gasteiger partial charge in [0.15, 0.2) is 16.6 Å². The van der Waals surface area contributed by atoms with Crippen LogP contribution in [0.2, 0.25) is 36.3 Å². The zero-order valence-electron chi connectivity index (χ0n) is 19.9. The number of nitrogens with zero attached hydrogens (tertiary/aromatic N) is 1. The summed E-state index contributed by atoms with van der Waals surface area (Å²) in [6.45, 7) is 24.7. The Kier molecular flexibility index (Phi) is 9.62. The molecule has 0 aromatic rings. The Labute approximate surface area is 174 Å². The molecule has 0 rings (SSSR count). The van der Waals surface area contributed by atoms with Gasteiger partial charge in [-0.1, -0.05) is 41.5 Å². The minimum atomic E-state index is -1.92. The van der Waals surface area contributed by atoms with E-state index in [1.807, 2.05) is 0 Å². The minimum Gasteiger partial charge on any atom is -0.481 e. The number of carbonyl (C=O) groups is 2. The van der Waals surface area contributed by atoms with E-state index in [9.17, 15) is 14.7 Å². The van der Waals surface area contributed by atoms with E-state index in [2.05, 4.69) is 67.7 Å². The highest BCUT2D eigenvalue weighted by molar-refractivity contribution is 6.74. The summed E-state index contributed by atoms with van der Waals surface area (Å²) in [5.74, 6) is -2.56. The van der Waals surface area contributed by atoms with Crippen molar-refractivity contribution < 1.29 is 23.5 Å². The fourth-order valence-corrected chi connectivity index (χ4v) is 4.04. The summed E-state index contributed by atoms with van der Waals surface area (Å²) < 4.78 is 12.4. The van der Waals surface area contributed by atoms with Crippen molar-refractivity contribution in [2.24, 2.45) is 5.92 Å². The first-order valence-corrected chi connectivity index (χ1v) is 15.9. The first-order chi connectivity index (χ1) is 12.3. The second kappa shape index (κ2) is 9.87. The van der Waals surface area contributed by atoms with Crippen LogP contribution in [-0.4, -0.2) is 64.8 Å². The van der Waals surface area contributed by atoms with Crippen LogP contribution < -0.4 is 0 Å². The Hall–Kier alpha value is -0.706. The van der Waals surface area contributed by atoms with Crippen molar-refractivity contribution in [2.75, 3.05) is 26.3 Å². The predicted molar refractivity (Wildman–Crippen MR) is 120 cm³/mol. The van der Waals surface area contributed by atoms with E-state index in [1.54, 1.807) is 4.90 Å². The molecule has 1 N–H and O–H groups in total. The standard InChI is InChI=1S/C20H43NO5Si2/c1-16(18(23)24)17(22)21(12-14-25-27(8,9)19(2,3)4)13-15-26-28(10,11)20(5,6)7/h16H,12-15H2,1-11H3,(H,23,24). The second-order valence-electron chi connectivity index (χ2n) is 10.6. The quantitative estimate of drug-likeness (QED) is 0.403. The van der Waals surface area contributed by atoms with Gasteiger partial charge in [-0.15, -0.1) is 0 Å². The van der Waals surface area contributed by atoms with E-state index in [0.29, 0.717) is 26.3 Å². The second-order valence-corrected chi connectivity index (χ2v) is 20.2. The Morgan fingerprint density at radius 3 is 1.43 bits per heavy atom. The van der Waals surface area contributed by atoms with Gasteiger partial charge in [0.25, 0.3) is 0 Å². The largest absolute Gasteiger partial charge is 0.481 e. The lowest BCUT2D eigenvalue weighted by atomic mass is 10.1. The number of hydrogen-bond donors (Lipinski definition) is 1. The van der Waals surface area contributed by atoms with Crippen LogP contribution in [0.3, 0.4) is 0 Å². The van der Waals surface area contributed by atoms with E-state index >= 15 is 0 Å². The average Bonchev–Trinajstić information content (AvgIpc) is 2.49. The molecule has 8 heteroatoms. The van der Waals surface area contributed by atoms with Gasteiger partial charge in [0.2, 0.25) is 5.91 Å². The van der Waals surface area contributed by atoms with Gasteiger partial charge in [-0.2, -0.15) is 0 Å². The maximum atomic E-state index is 12.6. The number of amides is 1. The zero-order chi connectivity index (χ0) is 22.6. The topological polar surface area (TPSA) is 76.1 Å². The summed E-state index contributed by atoms with van der Waals surface area (Å²) in [6, 6.07) is 0. The van der Waals surface area contributed by atoms with Crippen LogP contribution >= 0.6 is 0 Å². The number of aliphatic carboxylic acids is 1. The lowest BCUT2D eigenvalue weighted by Crippen LogP contribution is -2.47. The summed E-state index contributed by atoms with van der Waals surface area (Å²) in [5, 5.41) is 9.40. The van der Waals surface area contributed by atoms with Gasteiger partial charge in [0.1, 0.15) is 5.92 Å². The van der Waals surface area contributed by atoms with Crippen LogP contribution in [0, 0.1) is 5.92 Å². The zero-order valence-corrected chi connectivity index (χ0v) is 21.9. The Bertz CT molecular complexity index is 504. The third-order valence-electron chi connectivity index (χ3n) is 6.31. The maximum Gasteiger partial charge on any atom is 0.315 e. The number of carboxylic acids is 1. The fourth-order valence-electron chi connectivity index (χ4n) is 1.97. The Morgan fingerprint density at radius 1 is 0.857 bits per heavy atom. The molecule has 0 saturated heterocycles. The molecule has 0 aromatic heterocycles. The van der Waals surface area contributed by atoms with Gasteiger partial charge in [-0.05, 0) is 43.2 Å². The number of rotatable bonds is 10. The molecule has 0 aliphatic heterocycles. The van der Waals surface area contributed by atoms with Crippen molar-refractivity contribution in [3.05, 3.63) is 0 Å². The number of hydrogen-bond acceptors (Lipinski definition) is 4. The lowest BCUT2D eigenvalue weighted by molar-refractivity contribution is -0.150. The molecule has 1 unspecified atom stereocenters. The monoisotopic (exact) mass is 433 g/mol. The smallest absolute Gasteiger partial charge is 0.315 e. The fraction of sp³-hybridized carbons (Fsp3) is 0.900. The highest BCUT2D eigenvalue weighted by Gasteiger charge is 2.38. The van der Waals surface area contributed by atoms with Gasteiger partial charge >= 0.3 is 5.97 Å². The molecule has 0 saturated carbocycles. The first kappa shape index (κ1) is 27.3. The van der Waals surface area contributed by atoms with Crippen molar-refractivity contribution >= 4 is 28.5 Å². The van der Waals surface area contributed by atoms with Crippen molar-refractivity contribution in [3.63, 3.8) is 0 Å². The van der Waals surface area contributed by atoms with Gasteiger partial charge in [-0.3, -0.25) is 9.59 Å². The van der Waals surface area contributed by atoms with E-state index in [-0.39, 0.29) is 16.0 Å². The number of carbonyl (C=O) groups excluding carboxylic acids is 1. The van der Waals surface area contributed by atoms with E-state index in [4.69, 9.17) is 8.85 Å². The molecule has 1 amide bonds. The molecule has 0 aliphatic rings. The highest BCUT2D eigenvalue weighted by Crippen LogP contribution is 2.37. The molecule has 0 heterocycles. The molecular formula is C20H43NO5Si2. The van der Waals surface area contributed by atoms with Crippen molar-refractivity contribution in [1.29, 1.82) is 0 Å². The molecule has 0 bridgehead atoms. The molecule has 28 heavy (non-hydrogen) atoms. The van der Waals surface area contributed by atoms with Gasteiger partial charge in [0.05, 0.1) is 13.2 Å². The molecule has 166 valence electrons. The van der Waals surface area contributed by atoms with Crippen molar-refractivity contribution in [3.8, 4) is 0 Å². The number of carboxylic acid groups (broad SMARTS) is 1. The normalized spacial score (nSPS) is 14.7. The van der Waals surface area contributed by atoms with Crippen molar-refractivity contribution in [1.82, 2.24) is 4.90 Å². The molecule has 6 nitrogen and oxygen atoms in total.